The first-order valence-electron chi connectivity index (χ1n) is 14.0. The lowest BCUT2D eigenvalue weighted by atomic mass is 9.47. The van der Waals surface area contributed by atoms with Crippen LogP contribution in [-0.4, -0.2) is 25.2 Å². The minimum atomic E-state index is -0.137. The Bertz CT molecular complexity index is 802. The number of methoxy groups -OCH3 is 1. The van der Waals surface area contributed by atoms with Gasteiger partial charge < -0.3 is 9.47 Å². The molecule has 3 saturated carbocycles. The molecule has 4 heteroatoms. The summed E-state index contributed by atoms with van der Waals surface area (Å²) in [5.41, 5.74) is 2.34. The van der Waals surface area contributed by atoms with Crippen LogP contribution in [0.1, 0.15) is 105 Å². The van der Waals surface area contributed by atoms with E-state index in [9.17, 15) is 9.59 Å². The molecule has 0 aromatic rings. The molecule has 0 aromatic heterocycles. The molecule has 9 atom stereocenters. The SMILES string of the molecule is COC(=O)C(C)CCC[C@@H](C)[C@H]1CC[C@H]2[C@@H]3CC=C4C[C@@H](OC(C)=O)CC[C@]4(C)[C@H]3CC[C@]12C. The Kier molecular flexibility index (Phi) is 7.56. The van der Waals surface area contributed by atoms with Crippen LogP contribution in [0, 0.1) is 46.3 Å². The quantitative estimate of drug-likeness (QED) is 0.292. The summed E-state index contributed by atoms with van der Waals surface area (Å²) in [6.45, 7) is 11.2. The number of rotatable bonds is 7. The fraction of sp³-hybridized carbons (Fsp3) is 0.867. The monoisotopic (exact) mass is 472 g/mol. The molecule has 192 valence electrons. The molecule has 4 nitrogen and oxygen atoms in total. The molecule has 4 aliphatic rings. The van der Waals surface area contributed by atoms with E-state index in [2.05, 4.69) is 26.8 Å². The van der Waals surface area contributed by atoms with Gasteiger partial charge in [-0.25, -0.2) is 0 Å². The maximum atomic E-state index is 11.8. The molecule has 3 fully saturated rings. The Labute approximate surface area is 207 Å². The van der Waals surface area contributed by atoms with Crippen molar-refractivity contribution in [1.29, 1.82) is 0 Å². The van der Waals surface area contributed by atoms with E-state index in [4.69, 9.17) is 9.47 Å². The lowest BCUT2D eigenvalue weighted by molar-refractivity contribution is -0.149. The largest absolute Gasteiger partial charge is 0.469 e. The van der Waals surface area contributed by atoms with Gasteiger partial charge >= 0.3 is 11.9 Å². The van der Waals surface area contributed by atoms with Gasteiger partial charge in [0.2, 0.25) is 0 Å². The van der Waals surface area contributed by atoms with Gasteiger partial charge in [-0.2, -0.15) is 0 Å². The lowest BCUT2D eigenvalue weighted by Gasteiger charge is -2.58. The van der Waals surface area contributed by atoms with Gasteiger partial charge in [0.25, 0.3) is 0 Å². The summed E-state index contributed by atoms with van der Waals surface area (Å²) in [4.78, 5) is 23.3. The second-order valence-electron chi connectivity index (χ2n) is 12.8. The second kappa shape index (κ2) is 9.97. The number of fused-ring (bicyclic) bond motifs is 5. The molecular weight excluding hydrogens is 424 g/mol. The van der Waals surface area contributed by atoms with Crippen molar-refractivity contribution >= 4 is 11.9 Å². The average molecular weight is 473 g/mol. The zero-order chi connectivity index (χ0) is 24.7. The second-order valence-corrected chi connectivity index (χ2v) is 12.8. The van der Waals surface area contributed by atoms with Crippen LogP contribution in [0.5, 0.6) is 0 Å². The normalized spacial score (nSPS) is 40.8. The van der Waals surface area contributed by atoms with Crippen molar-refractivity contribution in [2.24, 2.45) is 46.3 Å². The Hall–Kier alpha value is -1.32. The molecule has 0 aromatic carbocycles. The molecule has 0 aliphatic heterocycles. The zero-order valence-corrected chi connectivity index (χ0v) is 22.5. The molecule has 0 amide bonds. The Morgan fingerprint density at radius 3 is 2.53 bits per heavy atom. The van der Waals surface area contributed by atoms with Gasteiger partial charge in [0.1, 0.15) is 6.10 Å². The molecule has 0 spiro atoms. The van der Waals surface area contributed by atoms with Gasteiger partial charge in [-0.05, 0) is 91.8 Å². The highest BCUT2D eigenvalue weighted by molar-refractivity contribution is 5.71. The molecule has 0 saturated heterocycles. The van der Waals surface area contributed by atoms with Gasteiger partial charge in [-0.1, -0.05) is 52.2 Å². The minimum Gasteiger partial charge on any atom is -0.469 e. The number of ether oxygens (including phenoxy) is 2. The summed E-state index contributed by atoms with van der Waals surface area (Å²) in [6, 6.07) is 0. The molecule has 4 rings (SSSR count). The van der Waals surface area contributed by atoms with E-state index in [1.54, 1.807) is 5.57 Å². The number of carbonyl (C=O) groups excluding carboxylic acids is 2. The molecule has 4 aliphatic carbocycles. The zero-order valence-electron chi connectivity index (χ0n) is 22.5. The van der Waals surface area contributed by atoms with Crippen LogP contribution >= 0.6 is 0 Å². The smallest absolute Gasteiger partial charge is 0.308 e. The van der Waals surface area contributed by atoms with E-state index >= 15 is 0 Å². The van der Waals surface area contributed by atoms with Crippen molar-refractivity contribution in [1.82, 2.24) is 0 Å². The van der Waals surface area contributed by atoms with Gasteiger partial charge in [0, 0.05) is 13.3 Å². The highest BCUT2D eigenvalue weighted by atomic mass is 16.5. The molecule has 0 N–H and O–H groups in total. The van der Waals surface area contributed by atoms with Crippen LogP contribution in [-0.2, 0) is 19.1 Å². The summed E-state index contributed by atoms with van der Waals surface area (Å²) >= 11 is 0. The third kappa shape index (κ3) is 4.60. The predicted molar refractivity (Wildman–Crippen MR) is 135 cm³/mol. The van der Waals surface area contributed by atoms with Crippen molar-refractivity contribution < 1.29 is 19.1 Å². The van der Waals surface area contributed by atoms with Crippen LogP contribution in [0.3, 0.4) is 0 Å². The number of carbonyl (C=O) groups is 2. The average Bonchev–Trinajstić information content (AvgIpc) is 3.15. The Morgan fingerprint density at radius 2 is 1.82 bits per heavy atom. The van der Waals surface area contributed by atoms with E-state index in [0.29, 0.717) is 10.8 Å². The minimum absolute atomic E-state index is 0.0134. The summed E-state index contributed by atoms with van der Waals surface area (Å²) in [5.74, 6) is 3.79. The van der Waals surface area contributed by atoms with Gasteiger partial charge in [-0.3, -0.25) is 9.59 Å². The number of hydrogen-bond donors (Lipinski definition) is 0. The first-order valence-corrected chi connectivity index (χ1v) is 14.0. The summed E-state index contributed by atoms with van der Waals surface area (Å²) < 4.78 is 10.5. The number of hydrogen-bond acceptors (Lipinski definition) is 4. The Morgan fingerprint density at radius 1 is 1.06 bits per heavy atom. The van der Waals surface area contributed by atoms with Crippen LogP contribution in [0.15, 0.2) is 11.6 Å². The first kappa shape index (κ1) is 25.8. The molecule has 34 heavy (non-hydrogen) atoms. The van der Waals surface area contributed by atoms with Crippen LogP contribution in [0.4, 0.5) is 0 Å². The number of esters is 2. The van der Waals surface area contributed by atoms with Crippen molar-refractivity contribution in [2.75, 3.05) is 7.11 Å². The first-order chi connectivity index (χ1) is 16.1. The van der Waals surface area contributed by atoms with E-state index in [-0.39, 0.29) is 24.0 Å². The van der Waals surface area contributed by atoms with E-state index in [0.717, 1.165) is 55.3 Å². The number of allylic oxidation sites excluding steroid dienone is 1. The van der Waals surface area contributed by atoms with E-state index in [1.807, 2.05) is 6.92 Å². The van der Waals surface area contributed by atoms with Crippen LogP contribution in [0.2, 0.25) is 0 Å². The maximum Gasteiger partial charge on any atom is 0.308 e. The van der Waals surface area contributed by atoms with Gasteiger partial charge in [0.15, 0.2) is 0 Å². The fourth-order valence-electron chi connectivity index (χ4n) is 9.20. The third-order valence-electron chi connectivity index (χ3n) is 11.1. The molecular formula is C30H48O4. The van der Waals surface area contributed by atoms with Crippen LogP contribution < -0.4 is 0 Å². The topological polar surface area (TPSA) is 52.6 Å². The summed E-state index contributed by atoms with van der Waals surface area (Å²) in [5, 5.41) is 0. The highest BCUT2D eigenvalue weighted by Crippen LogP contribution is 2.67. The highest BCUT2D eigenvalue weighted by Gasteiger charge is 2.59. The van der Waals surface area contributed by atoms with Crippen molar-refractivity contribution in [2.45, 2.75) is 111 Å². The summed E-state index contributed by atoms with van der Waals surface area (Å²) in [6.07, 6.45) is 15.8. The van der Waals surface area contributed by atoms with E-state index < -0.39 is 0 Å². The third-order valence-corrected chi connectivity index (χ3v) is 11.1. The van der Waals surface area contributed by atoms with E-state index in [1.165, 1.54) is 59.0 Å². The van der Waals surface area contributed by atoms with Crippen molar-refractivity contribution in [3.8, 4) is 0 Å². The molecule has 0 bridgehead atoms. The summed E-state index contributed by atoms with van der Waals surface area (Å²) in [7, 11) is 1.49. The lowest BCUT2D eigenvalue weighted by Crippen LogP contribution is -2.51. The molecule has 1 unspecified atom stereocenters. The van der Waals surface area contributed by atoms with Crippen molar-refractivity contribution in [3.63, 3.8) is 0 Å². The molecule has 0 heterocycles. The van der Waals surface area contributed by atoms with Crippen molar-refractivity contribution in [3.05, 3.63) is 11.6 Å². The standard InChI is InChI=1S/C30H48O4/c1-19(8-7-9-20(2)28(32)33-6)25-12-13-26-24-11-10-22-18-23(34-21(3)31)14-16-29(22,4)27(24)15-17-30(25,26)5/h10,19-20,23-27H,7-9,11-18H2,1-6H3/t19-,20?,23+,24+,25-,26+,27+,29+,30-/m1/s1. The molecule has 0 radical (unpaired) electrons. The predicted octanol–water partition coefficient (Wildman–Crippen LogP) is 7.11. The van der Waals surface area contributed by atoms with Crippen LogP contribution in [0.25, 0.3) is 0 Å². The van der Waals surface area contributed by atoms with Gasteiger partial charge in [-0.15, -0.1) is 0 Å². The maximum absolute atomic E-state index is 11.8. The fourth-order valence-corrected chi connectivity index (χ4v) is 9.20. The Balaban J connectivity index is 1.41. The van der Waals surface area contributed by atoms with Gasteiger partial charge in [0.05, 0.1) is 13.0 Å².